The zero-order valence-corrected chi connectivity index (χ0v) is 14.0. The minimum atomic E-state index is -0.906. The van der Waals surface area contributed by atoms with E-state index in [2.05, 4.69) is 5.32 Å². The lowest BCUT2D eigenvalue weighted by atomic mass is 10.0. The number of aliphatic carboxylic acids is 1. The molecule has 1 aliphatic rings. The highest BCUT2D eigenvalue weighted by Crippen LogP contribution is 2.37. The number of piperazine rings is 1. The lowest BCUT2D eigenvalue weighted by Crippen LogP contribution is -2.47. The van der Waals surface area contributed by atoms with Gasteiger partial charge in [-0.1, -0.05) is 30.1 Å². The number of ether oxygens (including phenoxy) is 1. The van der Waals surface area contributed by atoms with Gasteiger partial charge < -0.3 is 15.2 Å². The second-order valence-electron chi connectivity index (χ2n) is 5.19. The van der Waals surface area contributed by atoms with Crippen molar-refractivity contribution in [1.29, 1.82) is 0 Å². The molecule has 1 aromatic rings. The number of hydrogen-bond acceptors (Lipinski definition) is 4. The fourth-order valence-corrected chi connectivity index (χ4v) is 3.14. The van der Waals surface area contributed by atoms with Crippen molar-refractivity contribution in [2.45, 2.75) is 19.4 Å². The molecular weight excluding hydrogens is 327 g/mol. The first-order chi connectivity index (χ1) is 10.5. The fraction of sp³-hybridized carbons (Fsp3) is 0.533. The van der Waals surface area contributed by atoms with Crippen LogP contribution >= 0.6 is 23.2 Å². The maximum absolute atomic E-state index is 11.7. The number of carboxylic acids is 1. The number of benzene rings is 1. The fourth-order valence-electron chi connectivity index (χ4n) is 2.53. The third-order valence-electron chi connectivity index (χ3n) is 3.54. The Labute approximate surface area is 140 Å². The second-order valence-corrected chi connectivity index (χ2v) is 6.00. The van der Waals surface area contributed by atoms with Crippen LogP contribution in [-0.4, -0.2) is 48.8 Å². The van der Waals surface area contributed by atoms with Crippen LogP contribution in [0.1, 0.15) is 24.9 Å². The normalized spacial score (nSPS) is 17.2. The molecule has 22 heavy (non-hydrogen) atoms. The number of carboxylic acid groups (broad SMARTS) is 1. The van der Waals surface area contributed by atoms with E-state index in [4.69, 9.17) is 27.9 Å². The van der Waals surface area contributed by atoms with Crippen molar-refractivity contribution in [1.82, 2.24) is 10.2 Å². The first-order valence-corrected chi connectivity index (χ1v) is 8.09. The van der Waals surface area contributed by atoms with E-state index in [1.807, 2.05) is 11.8 Å². The summed E-state index contributed by atoms with van der Waals surface area (Å²) in [6.07, 6.45) is 0.840. The van der Waals surface area contributed by atoms with Crippen molar-refractivity contribution >= 4 is 29.2 Å². The molecule has 7 heteroatoms. The number of rotatable bonds is 6. The second kappa shape index (κ2) is 8.02. The van der Waals surface area contributed by atoms with Gasteiger partial charge in [-0.2, -0.15) is 0 Å². The zero-order chi connectivity index (χ0) is 16.1. The van der Waals surface area contributed by atoms with Gasteiger partial charge in [0.1, 0.15) is 6.04 Å². The molecule has 0 aromatic heterocycles. The Morgan fingerprint density at radius 1 is 1.36 bits per heavy atom. The van der Waals surface area contributed by atoms with Crippen molar-refractivity contribution in [3.05, 3.63) is 27.7 Å². The predicted octanol–water partition coefficient (Wildman–Crippen LogP) is 2.81. The van der Waals surface area contributed by atoms with Gasteiger partial charge >= 0.3 is 5.97 Å². The number of hydrogen-bond donors (Lipinski definition) is 2. The van der Waals surface area contributed by atoms with Gasteiger partial charge in [0.05, 0.1) is 16.7 Å². The van der Waals surface area contributed by atoms with E-state index in [9.17, 15) is 9.90 Å². The Morgan fingerprint density at radius 2 is 1.95 bits per heavy atom. The number of carbonyl (C=O) groups is 1. The molecule has 0 saturated carbocycles. The molecule has 0 spiro atoms. The van der Waals surface area contributed by atoms with Crippen LogP contribution in [0.3, 0.4) is 0 Å². The van der Waals surface area contributed by atoms with Gasteiger partial charge in [-0.05, 0) is 24.1 Å². The Kier molecular flexibility index (Phi) is 6.32. The molecule has 0 amide bonds. The summed E-state index contributed by atoms with van der Waals surface area (Å²) in [5.41, 5.74) is 0.577. The van der Waals surface area contributed by atoms with Gasteiger partial charge in [-0.15, -0.1) is 0 Å². The van der Waals surface area contributed by atoms with E-state index in [1.165, 1.54) is 0 Å². The summed E-state index contributed by atoms with van der Waals surface area (Å²) >= 11 is 12.4. The summed E-state index contributed by atoms with van der Waals surface area (Å²) in [5, 5.41) is 13.5. The topological polar surface area (TPSA) is 61.8 Å². The summed E-state index contributed by atoms with van der Waals surface area (Å²) in [6, 6.07) is 2.52. The number of halogens is 2. The van der Waals surface area contributed by atoms with E-state index in [1.54, 1.807) is 12.1 Å². The molecule has 1 aliphatic heterocycles. The Balaban J connectivity index is 2.30. The zero-order valence-electron chi connectivity index (χ0n) is 12.4. The van der Waals surface area contributed by atoms with Crippen LogP contribution in [0.2, 0.25) is 10.0 Å². The van der Waals surface area contributed by atoms with Crippen molar-refractivity contribution in [3.8, 4) is 5.75 Å². The van der Waals surface area contributed by atoms with Crippen LogP contribution in [0.4, 0.5) is 0 Å². The molecule has 1 atom stereocenters. The SMILES string of the molecule is CCCOc1c(Cl)cc(C(C(=O)O)N2CCNCC2)cc1Cl. The molecule has 5 nitrogen and oxygen atoms in total. The van der Waals surface area contributed by atoms with Gasteiger partial charge in [0.15, 0.2) is 5.75 Å². The molecule has 0 bridgehead atoms. The third kappa shape index (κ3) is 4.04. The van der Waals surface area contributed by atoms with Crippen molar-refractivity contribution < 1.29 is 14.6 Å². The molecule has 2 N–H and O–H groups in total. The molecule has 1 unspecified atom stereocenters. The molecule has 1 fully saturated rings. The largest absolute Gasteiger partial charge is 0.490 e. The molecule has 1 aromatic carbocycles. The van der Waals surface area contributed by atoms with Crippen LogP contribution in [0, 0.1) is 0 Å². The highest BCUT2D eigenvalue weighted by atomic mass is 35.5. The Hall–Kier alpha value is -1.01. The smallest absolute Gasteiger partial charge is 0.325 e. The first-order valence-electron chi connectivity index (χ1n) is 7.34. The lowest BCUT2D eigenvalue weighted by Gasteiger charge is -2.32. The highest BCUT2D eigenvalue weighted by molar-refractivity contribution is 6.37. The third-order valence-corrected chi connectivity index (χ3v) is 4.10. The van der Waals surface area contributed by atoms with Crippen LogP contribution in [0.25, 0.3) is 0 Å². The molecule has 0 aliphatic carbocycles. The highest BCUT2D eigenvalue weighted by Gasteiger charge is 2.29. The lowest BCUT2D eigenvalue weighted by molar-refractivity contribution is -0.143. The maximum atomic E-state index is 11.7. The van der Waals surface area contributed by atoms with Crippen molar-refractivity contribution in [2.24, 2.45) is 0 Å². The van der Waals surface area contributed by atoms with Crippen LogP contribution in [-0.2, 0) is 4.79 Å². The quantitative estimate of drug-likeness (QED) is 0.829. The molecule has 2 rings (SSSR count). The summed E-state index contributed by atoms with van der Waals surface area (Å²) in [6.45, 7) is 5.37. The Morgan fingerprint density at radius 3 is 2.45 bits per heavy atom. The van der Waals surface area contributed by atoms with E-state index >= 15 is 0 Å². The van der Waals surface area contributed by atoms with Gasteiger partial charge in [0.25, 0.3) is 0 Å². The van der Waals surface area contributed by atoms with E-state index in [-0.39, 0.29) is 0 Å². The van der Waals surface area contributed by atoms with Crippen molar-refractivity contribution in [3.63, 3.8) is 0 Å². The van der Waals surface area contributed by atoms with E-state index in [0.717, 1.165) is 19.5 Å². The molecule has 122 valence electrons. The average Bonchev–Trinajstić information content (AvgIpc) is 2.47. The minimum absolute atomic E-state index is 0.345. The van der Waals surface area contributed by atoms with E-state index in [0.29, 0.717) is 41.1 Å². The van der Waals surface area contributed by atoms with Crippen LogP contribution in [0.15, 0.2) is 12.1 Å². The molecule has 1 saturated heterocycles. The van der Waals surface area contributed by atoms with E-state index < -0.39 is 12.0 Å². The van der Waals surface area contributed by atoms with Crippen molar-refractivity contribution in [2.75, 3.05) is 32.8 Å². The minimum Gasteiger partial charge on any atom is -0.490 e. The van der Waals surface area contributed by atoms with Gasteiger partial charge in [-0.3, -0.25) is 9.69 Å². The first kappa shape index (κ1) is 17.3. The van der Waals surface area contributed by atoms with Crippen LogP contribution in [0.5, 0.6) is 5.75 Å². The predicted molar refractivity (Wildman–Crippen MR) is 87.1 cm³/mol. The van der Waals surface area contributed by atoms with Gasteiger partial charge in [-0.25, -0.2) is 0 Å². The number of nitrogens with one attached hydrogen (secondary N) is 1. The van der Waals surface area contributed by atoms with Gasteiger partial charge in [0.2, 0.25) is 0 Å². The monoisotopic (exact) mass is 346 g/mol. The summed E-state index contributed by atoms with van der Waals surface area (Å²) in [4.78, 5) is 13.6. The standard InChI is InChI=1S/C15H20Cl2N2O3/c1-2-7-22-14-11(16)8-10(9-12(14)17)13(15(20)21)19-5-3-18-4-6-19/h8-9,13,18H,2-7H2,1H3,(H,20,21). The molecule has 0 radical (unpaired) electrons. The molecule has 1 heterocycles. The Bertz CT molecular complexity index is 511. The average molecular weight is 347 g/mol. The summed E-state index contributed by atoms with van der Waals surface area (Å²) in [7, 11) is 0. The summed E-state index contributed by atoms with van der Waals surface area (Å²) < 4.78 is 5.52. The van der Waals surface area contributed by atoms with Crippen LogP contribution < -0.4 is 10.1 Å². The summed E-state index contributed by atoms with van der Waals surface area (Å²) in [5.74, 6) is -0.491. The number of nitrogens with zero attached hydrogens (tertiary/aromatic N) is 1. The van der Waals surface area contributed by atoms with Gasteiger partial charge in [0, 0.05) is 26.2 Å². The maximum Gasteiger partial charge on any atom is 0.325 e. The molecular formula is C15H20Cl2N2O3.